The quantitative estimate of drug-likeness (QED) is 0.436. The van der Waals surface area contributed by atoms with E-state index in [1.807, 2.05) is 0 Å². The van der Waals surface area contributed by atoms with E-state index >= 15 is 0 Å². The molecule has 2 N–H and O–H groups in total. The molecule has 0 bridgehead atoms. The number of sulfonamides is 1. The predicted octanol–water partition coefficient (Wildman–Crippen LogP) is 5.10. The molecule has 1 heterocycles. The Morgan fingerprint density at radius 1 is 0.931 bits per heavy atom. The van der Waals surface area contributed by atoms with Crippen LogP contribution in [-0.2, 0) is 10.0 Å². The van der Waals surface area contributed by atoms with Crippen LogP contribution in [0, 0.1) is 17.5 Å². The maximum atomic E-state index is 13.9. The SMILES string of the molecule is O=S(=O)(Nc1ccc2c(-c3ccccc3Cl)n[nH]c2c1)c1cc(F)c(F)cc1F. The Labute approximate surface area is 168 Å². The number of benzene rings is 3. The van der Waals surface area contributed by atoms with Gasteiger partial charge in [0.15, 0.2) is 11.6 Å². The van der Waals surface area contributed by atoms with Crippen LogP contribution in [0.5, 0.6) is 0 Å². The minimum atomic E-state index is -4.49. The van der Waals surface area contributed by atoms with Crippen LogP contribution < -0.4 is 4.72 Å². The second-order valence-corrected chi connectivity index (χ2v) is 8.17. The number of hydrogen-bond donors (Lipinski definition) is 2. The fourth-order valence-electron chi connectivity index (χ4n) is 2.86. The number of nitrogens with one attached hydrogen (secondary N) is 2. The van der Waals surface area contributed by atoms with Crippen molar-refractivity contribution >= 4 is 38.2 Å². The molecule has 0 amide bonds. The lowest BCUT2D eigenvalue weighted by molar-refractivity contribution is 0.482. The topological polar surface area (TPSA) is 74.8 Å². The van der Waals surface area contributed by atoms with Crippen LogP contribution in [0.25, 0.3) is 22.2 Å². The molecule has 0 aliphatic carbocycles. The van der Waals surface area contributed by atoms with Crippen molar-refractivity contribution in [1.29, 1.82) is 0 Å². The van der Waals surface area contributed by atoms with Gasteiger partial charge < -0.3 is 0 Å². The van der Waals surface area contributed by atoms with Gasteiger partial charge in [-0.3, -0.25) is 9.82 Å². The minimum absolute atomic E-state index is 0.0796. The van der Waals surface area contributed by atoms with Crippen molar-refractivity contribution < 1.29 is 21.6 Å². The van der Waals surface area contributed by atoms with Crippen molar-refractivity contribution in [3.8, 4) is 11.3 Å². The van der Waals surface area contributed by atoms with E-state index in [9.17, 15) is 21.6 Å². The van der Waals surface area contributed by atoms with Crippen LogP contribution in [-0.4, -0.2) is 18.6 Å². The Kier molecular flexibility index (Phi) is 4.71. The van der Waals surface area contributed by atoms with Crippen molar-refractivity contribution in [2.75, 3.05) is 4.72 Å². The van der Waals surface area contributed by atoms with Gasteiger partial charge in [-0.25, -0.2) is 21.6 Å². The van der Waals surface area contributed by atoms with Gasteiger partial charge in [-0.15, -0.1) is 0 Å². The molecule has 1 aromatic heterocycles. The first-order chi connectivity index (χ1) is 13.8. The molecule has 0 aliphatic heterocycles. The highest BCUT2D eigenvalue weighted by Crippen LogP contribution is 2.33. The Balaban J connectivity index is 1.71. The van der Waals surface area contributed by atoms with Gasteiger partial charge in [0.25, 0.3) is 10.0 Å². The van der Waals surface area contributed by atoms with Crippen molar-refractivity contribution in [1.82, 2.24) is 10.2 Å². The number of H-pyrrole nitrogens is 1. The van der Waals surface area contributed by atoms with Crippen LogP contribution in [0.4, 0.5) is 18.9 Å². The number of anilines is 1. The van der Waals surface area contributed by atoms with Crippen LogP contribution in [0.15, 0.2) is 59.5 Å². The smallest absolute Gasteiger partial charge is 0.264 e. The van der Waals surface area contributed by atoms with E-state index in [1.54, 1.807) is 30.3 Å². The largest absolute Gasteiger partial charge is 0.279 e. The van der Waals surface area contributed by atoms with E-state index in [-0.39, 0.29) is 17.8 Å². The van der Waals surface area contributed by atoms with Gasteiger partial charge in [-0.1, -0.05) is 29.8 Å². The third-order valence-corrected chi connectivity index (χ3v) is 5.93. The second-order valence-electron chi connectivity index (χ2n) is 6.11. The van der Waals surface area contributed by atoms with E-state index in [2.05, 4.69) is 14.9 Å². The van der Waals surface area contributed by atoms with E-state index in [0.29, 0.717) is 27.2 Å². The van der Waals surface area contributed by atoms with Crippen molar-refractivity contribution in [3.63, 3.8) is 0 Å². The Bertz CT molecular complexity index is 1360. The fourth-order valence-corrected chi connectivity index (χ4v) is 4.21. The van der Waals surface area contributed by atoms with Gasteiger partial charge in [0.2, 0.25) is 0 Å². The molecule has 4 rings (SSSR count). The number of halogens is 4. The Morgan fingerprint density at radius 2 is 1.66 bits per heavy atom. The summed E-state index contributed by atoms with van der Waals surface area (Å²) >= 11 is 6.20. The van der Waals surface area contributed by atoms with Gasteiger partial charge in [-0.05, 0) is 24.3 Å². The molecule has 0 radical (unpaired) electrons. The van der Waals surface area contributed by atoms with Crippen LogP contribution in [0.3, 0.4) is 0 Å². The summed E-state index contributed by atoms with van der Waals surface area (Å²) in [7, 11) is -4.49. The van der Waals surface area contributed by atoms with Crippen molar-refractivity contribution in [2.45, 2.75) is 4.90 Å². The first-order valence-electron chi connectivity index (χ1n) is 8.16. The number of nitrogens with zero attached hydrogens (tertiary/aromatic N) is 1. The van der Waals surface area contributed by atoms with Crippen molar-refractivity contribution in [2.24, 2.45) is 0 Å². The average Bonchev–Trinajstić information content (AvgIpc) is 3.07. The lowest BCUT2D eigenvalue weighted by Crippen LogP contribution is -2.15. The van der Waals surface area contributed by atoms with Crippen LogP contribution in [0.2, 0.25) is 5.02 Å². The molecule has 0 aliphatic rings. The van der Waals surface area contributed by atoms with E-state index in [0.717, 1.165) is 0 Å². The highest BCUT2D eigenvalue weighted by Gasteiger charge is 2.23. The molecule has 5 nitrogen and oxygen atoms in total. The number of aromatic amines is 1. The average molecular weight is 438 g/mol. The molecule has 0 fully saturated rings. The summed E-state index contributed by atoms with van der Waals surface area (Å²) in [6.07, 6.45) is 0. The van der Waals surface area contributed by atoms with E-state index < -0.39 is 32.4 Å². The molecule has 0 saturated carbocycles. The summed E-state index contributed by atoms with van der Waals surface area (Å²) in [5.74, 6) is -4.35. The molecular formula is C19H11ClF3N3O2S. The first kappa shape index (κ1) is 19.3. The van der Waals surface area contributed by atoms with Gasteiger partial charge in [0.1, 0.15) is 16.4 Å². The normalized spacial score (nSPS) is 11.7. The molecule has 10 heteroatoms. The molecule has 29 heavy (non-hydrogen) atoms. The number of rotatable bonds is 4. The zero-order valence-corrected chi connectivity index (χ0v) is 16.0. The first-order valence-corrected chi connectivity index (χ1v) is 10.0. The zero-order valence-electron chi connectivity index (χ0n) is 14.4. The Morgan fingerprint density at radius 3 is 2.41 bits per heavy atom. The molecule has 148 valence electrons. The lowest BCUT2D eigenvalue weighted by atomic mass is 10.1. The van der Waals surface area contributed by atoms with Gasteiger partial charge in [0, 0.05) is 23.1 Å². The summed E-state index contributed by atoms with van der Waals surface area (Å²) in [5, 5.41) is 8.18. The predicted molar refractivity (Wildman–Crippen MR) is 104 cm³/mol. The summed E-state index contributed by atoms with van der Waals surface area (Å²) in [6.45, 7) is 0. The monoisotopic (exact) mass is 437 g/mol. The third kappa shape index (κ3) is 3.54. The number of fused-ring (bicyclic) bond motifs is 1. The van der Waals surface area contributed by atoms with E-state index in [4.69, 9.17) is 11.6 Å². The zero-order chi connectivity index (χ0) is 20.8. The molecule has 4 aromatic rings. The summed E-state index contributed by atoms with van der Waals surface area (Å²) < 4.78 is 67.3. The van der Waals surface area contributed by atoms with Crippen LogP contribution in [0.1, 0.15) is 0 Å². The molecular weight excluding hydrogens is 427 g/mol. The molecule has 0 atom stereocenters. The highest BCUT2D eigenvalue weighted by atomic mass is 35.5. The van der Waals surface area contributed by atoms with Crippen molar-refractivity contribution in [3.05, 3.63) is 77.1 Å². The molecule has 0 spiro atoms. The maximum Gasteiger partial charge on any atom is 0.264 e. The summed E-state index contributed by atoms with van der Waals surface area (Å²) in [4.78, 5) is -1.00. The van der Waals surface area contributed by atoms with Gasteiger partial charge in [-0.2, -0.15) is 5.10 Å². The summed E-state index contributed by atoms with van der Waals surface area (Å²) in [5.41, 5.74) is 1.84. The van der Waals surface area contributed by atoms with E-state index in [1.165, 1.54) is 12.1 Å². The minimum Gasteiger partial charge on any atom is -0.279 e. The fraction of sp³-hybridized carbons (Fsp3) is 0. The maximum absolute atomic E-state index is 13.9. The third-order valence-electron chi connectivity index (χ3n) is 4.21. The molecule has 0 unspecified atom stereocenters. The van der Waals surface area contributed by atoms with Gasteiger partial charge >= 0.3 is 0 Å². The number of aromatic nitrogens is 2. The standard InChI is InChI=1S/C19H11ClF3N3O2S/c20-13-4-2-1-3-11(13)19-12-6-5-10(7-17(12)24-25-19)26-29(27,28)18-9-15(22)14(21)8-16(18)23/h1-9,26H,(H,24,25). The molecule has 3 aromatic carbocycles. The second kappa shape index (κ2) is 7.09. The Hall–Kier alpha value is -3.04. The lowest BCUT2D eigenvalue weighted by Gasteiger charge is -2.09. The van der Waals surface area contributed by atoms with Crippen LogP contribution >= 0.6 is 11.6 Å². The molecule has 0 saturated heterocycles. The summed E-state index contributed by atoms with van der Waals surface area (Å²) in [6, 6.07) is 12.1. The number of hydrogen-bond acceptors (Lipinski definition) is 3. The van der Waals surface area contributed by atoms with Gasteiger partial charge in [0.05, 0.1) is 16.2 Å². The highest BCUT2D eigenvalue weighted by molar-refractivity contribution is 7.92.